The fourth-order valence-electron chi connectivity index (χ4n) is 3.98. The molecule has 1 aromatic carbocycles. The molecule has 31 heavy (non-hydrogen) atoms. The van der Waals surface area contributed by atoms with Gasteiger partial charge in [-0.05, 0) is 24.3 Å². The van der Waals surface area contributed by atoms with Crippen molar-refractivity contribution in [2.75, 3.05) is 69.3 Å². The molecule has 0 amide bonds. The van der Waals surface area contributed by atoms with Crippen molar-refractivity contribution >= 4 is 53.0 Å². The first kappa shape index (κ1) is 23.9. The smallest absolute Gasteiger partial charge is 0.194 e. The maximum Gasteiger partial charge on any atom is 0.194 e. The lowest BCUT2D eigenvalue weighted by atomic mass is 10.2. The third kappa shape index (κ3) is 6.14. The molecule has 3 heterocycles. The van der Waals surface area contributed by atoms with Gasteiger partial charge in [0.2, 0.25) is 0 Å². The second-order valence-corrected chi connectivity index (χ2v) is 7.88. The van der Waals surface area contributed by atoms with E-state index in [0.29, 0.717) is 6.54 Å². The van der Waals surface area contributed by atoms with Crippen LogP contribution in [-0.2, 0) is 11.3 Å². The van der Waals surface area contributed by atoms with E-state index in [0.717, 1.165) is 69.3 Å². The largest absolute Gasteiger partial charge is 0.378 e. The van der Waals surface area contributed by atoms with Gasteiger partial charge in [0.25, 0.3) is 0 Å². The van der Waals surface area contributed by atoms with Crippen molar-refractivity contribution in [2.45, 2.75) is 6.54 Å². The summed E-state index contributed by atoms with van der Waals surface area (Å²) in [5.41, 5.74) is 2.36. The van der Waals surface area contributed by atoms with E-state index < -0.39 is 0 Å². The number of nitrogens with zero attached hydrogens (tertiary/aromatic N) is 5. The molecule has 4 rings (SSSR count). The Morgan fingerprint density at radius 2 is 1.84 bits per heavy atom. The summed E-state index contributed by atoms with van der Waals surface area (Å²) in [6.07, 6.45) is 1.86. The lowest BCUT2D eigenvalue weighted by Crippen LogP contribution is -2.52. The Morgan fingerprint density at radius 3 is 2.55 bits per heavy atom. The molecule has 0 saturated carbocycles. The molecule has 7 nitrogen and oxygen atoms in total. The van der Waals surface area contributed by atoms with Crippen molar-refractivity contribution in [3.05, 3.63) is 53.2 Å². The molecule has 0 unspecified atom stereocenters. The molecule has 2 aliphatic rings. The van der Waals surface area contributed by atoms with E-state index in [4.69, 9.17) is 16.3 Å². The summed E-state index contributed by atoms with van der Waals surface area (Å²) in [6, 6.07) is 12.2. The van der Waals surface area contributed by atoms with Crippen LogP contribution < -0.4 is 15.1 Å². The molecule has 2 fully saturated rings. The molecule has 0 atom stereocenters. The van der Waals surface area contributed by atoms with Gasteiger partial charge in [-0.15, -0.1) is 24.0 Å². The maximum absolute atomic E-state index is 6.15. The zero-order valence-electron chi connectivity index (χ0n) is 17.8. The van der Waals surface area contributed by atoms with E-state index in [1.807, 2.05) is 37.5 Å². The summed E-state index contributed by atoms with van der Waals surface area (Å²) in [5.74, 6) is 1.96. The van der Waals surface area contributed by atoms with E-state index in [1.165, 1.54) is 11.3 Å². The minimum Gasteiger partial charge on any atom is -0.378 e. The summed E-state index contributed by atoms with van der Waals surface area (Å²) in [4.78, 5) is 16.1. The number of hydrogen-bond acceptors (Lipinski definition) is 5. The third-order valence-electron chi connectivity index (χ3n) is 5.58. The number of aromatic nitrogens is 1. The van der Waals surface area contributed by atoms with Gasteiger partial charge in [-0.3, -0.25) is 4.99 Å². The SMILES string of the molecule is CN=C(NCc1cccnc1N1CCOCC1)N1CCN(c2cccc(Cl)c2)CC1.I. The fourth-order valence-corrected chi connectivity index (χ4v) is 4.17. The van der Waals surface area contributed by atoms with Gasteiger partial charge in [-0.1, -0.05) is 23.7 Å². The van der Waals surface area contributed by atoms with Crippen molar-refractivity contribution in [3.63, 3.8) is 0 Å². The Morgan fingerprint density at radius 1 is 1.06 bits per heavy atom. The van der Waals surface area contributed by atoms with Crippen molar-refractivity contribution in [3.8, 4) is 0 Å². The Hall–Kier alpha value is -1.78. The molecule has 2 saturated heterocycles. The van der Waals surface area contributed by atoms with Gasteiger partial charge >= 0.3 is 0 Å². The fraction of sp³-hybridized carbons (Fsp3) is 0.455. The first-order valence-electron chi connectivity index (χ1n) is 10.5. The monoisotopic (exact) mass is 556 g/mol. The Kier molecular flexibility index (Phi) is 9.03. The number of piperazine rings is 1. The highest BCUT2D eigenvalue weighted by Crippen LogP contribution is 2.21. The average Bonchev–Trinajstić information content (AvgIpc) is 2.81. The molecule has 1 aromatic heterocycles. The number of pyridine rings is 1. The Labute approximate surface area is 206 Å². The molecular formula is C22H30ClIN6O. The van der Waals surface area contributed by atoms with Crippen LogP contribution in [0.5, 0.6) is 0 Å². The maximum atomic E-state index is 6.15. The number of guanidine groups is 1. The van der Waals surface area contributed by atoms with Gasteiger partial charge in [0, 0.05) is 75.3 Å². The molecular weight excluding hydrogens is 527 g/mol. The summed E-state index contributed by atoms with van der Waals surface area (Å²) >= 11 is 6.15. The highest BCUT2D eigenvalue weighted by Gasteiger charge is 2.21. The Bertz CT molecular complexity index is 869. The van der Waals surface area contributed by atoms with E-state index in [2.05, 4.69) is 42.1 Å². The number of benzene rings is 1. The molecule has 1 N–H and O–H groups in total. The van der Waals surface area contributed by atoms with Gasteiger partial charge < -0.3 is 24.8 Å². The molecule has 0 bridgehead atoms. The molecule has 0 radical (unpaired) electrons. The number of aliphatic imine (C=N–C) groups is 1. The van der Waals surface area contributed by atoms with Crippen LogP contribution in [0.4, 0.5) is 11.5 Å². The van der Waals surface area contributed by atoms with E-state index in [1.54, 1.807) is 0 Å². The first-order valence-corrected chi connectivity index (χ1v) is 10.8. The molecule has 0 spiro atoms. The first-order chi connectivity index (χ1) is 14.7. The molecule has 2 aromatic rings. The minimum atomic E-state index is 0. The summed E-state index contributed by atoms with van der Waals surface area (Å²) in [6.45, 7) is 7.66. The van der Waals surface area contributed by atoms with Crippen LogP contribution in [0.1, 0.15) is 5.56 Å². The standard InChI is InChI=1S/C22H29ClN6O.HI/c1-24-22(29-10-8-27(9-11-29)20-6-2-5-19(23)16-20)26-17-18-4-3-7-25-21(18)28-12-14-30-15-13-28;/h2-7,16H,8-15,17H2,1H3,(H,24,26);1H. The number of anilines is 2. The van der Waals surface area contributed by atoms with Gasteiger partial charge in [0.15, 0.2) is 5.96 Å². The number of nitrogens with one attached hydrogen (secondary N) is 1. The number of ether oxygens (including phenoxy) is 1. The zero-order chi connectivity index (χ0) is 20.8. The van der Waals surface area contributed by atoms with Crippen LogP contribution in [0.25, 0.3) is 0 Å². The van der Waals surface area contributed by atoms with Crippen LogP contribution in [0.3, 0.4) is 0 Å². The molecule has 9 heteroatoms. The quantitative estimate of drug-likeness (QED) is 0.355. The van der Waals surface area contributed by atoms with Gasteiger partial charge in [0.1, 0.15) is 5.82 Å². The summed E-state index contributed by atoms with van der Waals surface area (Å²) < 4.78 is 5.48. The summed E-state index contributed by atoms with van der Waals surface area (Å²) in [5, 5.41) is 4.31. The summed E-state index contributed by atoms with van der Waals surface area (Å²) in [7, 11) is 1.85. The predicted molar refractivity (Wildman–Crippen MR) is 138 cm³/mol. The number of halogens is 2. The van der Waals surface area contributed by atoms with Crippen LogP contribution in [0.2, 0.25) is 5.02 Å². The second-order valence-electron chi connectivity index (χ2n) is 7.44. The second kappa shape index (κ2) is 11.7. The minimum absolute atomic E-state index is 0. The highest BCUT2D eigenvalue weighted by molar-refractivity contribution is 14.0. The zero-order valence-corrected chi connectivity index (χ0v) is 20.9. The van der Waals surface area contributed by atoms with E-state index in [-0.39, 0.29) is 24.0 Å². The van der Waals surface area contributed by atoms with E-state index in [9.17, 15) is 0 Å². The van der Waals surface area contributed by atoms with E-state index >= 15 is 0 Å². The van der Waals surface area contributed by atoms with Crippen molar-refractivity contribution in [2.24, 2.45) is 4.99 Å². The lowest BCUT2D eigenvalue weighted by Gasteiger charge is -2.38. The topological polar surface area (TPSA) is 56.2 Å². The molecule has 168 valence electrons. The van der Waals surface area contributed by atoms with Crippen molar-refractivity contribution in [1.82, 2.24) is 15.2 Å². The number of rotatable bonds is 4. The number of hydrogen-bond donors (Lipinski definition) is 1. The highest BCUT2D eigenvalue weighted by atomic mass is 127. The van der Waals surface area contributed by atoms with Crippen LogP contribution in [0.15, 0.2) is 47.6 Å². The molecule has 0 aliphatic carbocycles. The third-order valence-corrected chi connectivity index (χ3v) is 5.81. The average molecular weight is 557 g/mol. The van der Waals surface area contributed by atoms with Gasteiger partial charge in [0.05, 0.1) is 13.2 Å². The predicted octanol–water partition coefficient (Wildman–Crippen LogP) is 3.09. The van der Waals surface area contributed by atoms with Crippen molar-refractivity contribution < 1.29 is 4.74 Å². The van der Waals surface area contributed by atoms with Crippen LogP contribution >= 0.6 is 35.6 Å². The van der Waals surface area contributed by atoms with Crippen LogP contribution in [0, 0.1) is 0 Å². The Balaban J connectivity index is 0.00000272. The van der Waals surface area contributed by atoms with Crippen molar-refractivity contribution in [1.29, 1.82) is 0 Å². The van der Waals surface area contributed by atoms with Crippen LogP contribution in [-0.4, -0.2) is 75.4 Å². The normalized spacial score (nSPS) is 17.4. The number of morpholine rings is 1. The van der Waals surface area contributed by atoms with Gasteiger partial charge in [-0.2, -0.15) is 0 Å². The van der Waals surface area contributed by atoms with Gasteiger partial charge in [-0.25, -0.2) is 4.98 Å². The molecule has 2 aliphatic heterocycles. The lowest BCUT2D eigenvalue weighted by molar-refractivity contribution is 0.122.